The van der Waals surface area contributed by atoms with Crippen molar-refractivity contribution >= 4 is 12.0 Å². The van der Waals surface area contributed by atoms with Crippen LogP contribution in [0.2, 0.25) is 0 Å². The predicted octanol–water partition coefficient (Wildman–Crippen LogP) is 2.31. The number of likely N-dealkylation sites (N-methyl/N-ethyl adjacent to an activating group) is 1. The van der Waals surface area contributed by atoms with Gasteiger partial charge in [0.15, 0.2) is 0 Å². The molecule has 1 aliphatic rings. The Morgan fingerprint density at radius 3 is 2.76 bits per heavy atom. The van der Waals surface area contributed by atoms with Gasteiger partial charge in [-0.1, -0.05) is 6.92 Å². The van der Waals surface area contributed by atoms with Crippen molar-refractivity contribution in [3.63, 3.8) is 0 Å². The zero-order valence-electron chi connectivity index (χ0n) is 13.2. The Bertz CT molecular complexity index is 478. The molecular formula is C15H24N4O2. The Balaban J connectivity index is 1.93. The zero-order chi connectivity index (χ0) is 15.5. The number of hydrogen-bond acceptors (Lipinski definition) is 5. The maximum Gasteiger partial charge on any atom is 0.410 e. The Labute approximate surface area is 126 Å². The fourth-order valence-corrected chi connectivity index (χ4v) is 2.23. The van der Waals surface area contributed by atoms with Gasteiger partial charge in [0.05, 0.1) is 6.04 Å². The molecule has 6 heteroatoms. The van der Waals surface area contributed by atoms with Crippen LogP contribution in [0.5, 0.6) is 0 Å². The van der Waals surface area contributed by atoms with E-state index in [1.54, 1.807) is 23.4 Å². The van der Waals surface area contributed by atoms with E-state index in [9.17, 15) is 4.79 Å². The number of likely N-dealkylation sites (tertiary alicyclic amines) is 1. The second kappa shape index (κ2) is 6.28. The summed E-state index contributed by atoms with van der Waals surface area (Å²) in [6.45, 7) is 7.24. The van der Waals surface area contributed by atoms with Crippen LogP contribution >= 0.6 is 0 Å². The van der Waals surface area contributed by atoms with Crippen molar-refractivity contribution in [3.8, 4) is 0 Å². The Kier molecular flexibility index (Phi) is 4.65. The van der Waals surface area contributed by atoms with E-state index in [-0.39, 0.29) is 12.1 Å². The average Bonchev–Trinajstić information content (AvgIpc) is 2.97. The monoisotopic (exact) mass is 292 g/mol. The second-order valence-corrected chi connectivity index (χ2v) is 6.03. The third-order valence-electron chi connectivity index (χ3n) is 4.05. The first kappa shape index (κ1) is 15.5. The highest BCUT2D eigenvalue weighted by molar-refractivity contribution is 5.68. The van der Waals surface area contributed by atoms with Gasteiger partial charge in [-0.05, 0) is 32.8 Å². The highest BCUT2D eigenvalue weighted by Gasteiger charge is 2.33. The Hall–Kier alpha value is -1.85. The normalized spacial score (nSPS) is 18.7. The van der Waals surface area contributed by atoms with Crippen LogP contribution in [-0.4, -0.2) is 52.7 Å². The molecule has 1 atom stereocenters. The maximum absolute atomic E-state index is 12.2. The molecule has 1 aromatic heterocycles. The summed E-state index contributed by atoms with van der Waals surface area (Å²) in [4.78, 5) is 24.5. The molecule has 0 unspecified atom stereocenters. The number of carbonyl (C=O) groups excluding carboxylic acids is 1. The van der Waals surface area contributed by atoms with E-state index in [0.717, 1.165) is 12.8 Å². The molecule has 6 nitrogen and oxygen atoms in total. The van der Waals surface area contributed by atoms with Crippen molar-refractivity contribution in [3.05, 3.63) is 18.5 Å². The summed E-state index contributed by atoms with van der Waals surface area (Å²) < 4.78 is 5.54. The zero-order valence-corrected chi connectivity index (χ0v) is 13.2. The van der Waals surface area contributed by atoms with Crippen molar-refractivity contribution in [1.82, 2.24) is 14.9 Å². The fraction of sp³-hybridized carbons (Fsp3) is 0.667. The number of ether oxygens (including phenoxy) is 1. The topological polar surface area (TPSA) is 58.6 Å². The lowest BCUT2D eigenvalue weighted by atomic mass is 10.1. The number of hydrogen-bond donors (Lipinski definition) is 0. The molecule has 0 radical (unpaired) electrons. The summed E-state index contributed by atoms with van der Waals surface area (Å²) in [6.07, 6.45) is 4.92. The first-order valence-electron chi connectivity index (χ1n) is 7.40. The van der Waals surface area contributed by atoms with Crippen LogP contribution in [0.15, 0.2) is 18.5 Å². The van der Waals surface area contributed by atoms with Crippen LogP contribution in [-0.2, 0) is 4.74 Å². The van der Waals surface area contributed by atoms with Gasteiger partial charge in [0.2, 0.25) is 5.95 Å². The molecule has 0 bridgehead atoms. The minimum Gasteiger partial charge on any atom is -0.443 e. The van der Waals surface area contributed by atoms with Gasteiger partial charge < -0.3 is 14.5 Å². The fourth-order valence-electron chi connectivity index (χ4n) is 2.23. The minimum absolute atomic E-state index is 0.227. The van der Waals surface area contributed by atoms with E-state index in [2.05, 4.69) is 9.97 Å². The molecule has 0 aliphatic carbocycles. The quantitative estimate of drug-likeness (QED) is 0.852. The summed E-state index contributed by atoms with van der Waals surface area (Å²) in [5.41, 5.74) is -0.413. The van der Waals surface area contributed by atoms with Gasteiger partial charge in [-0.15, -0.1) is 0 Å². The third kappa shape index (κ3) is 3.83. The number of aromatic nitrogens is 2. The van der Waals surface area contributed by atoms with Crippen LogP contribution in [0.3, 0.4) is 0 Å². The molecular weight excluding hydrogens is 268 g/mol. The predicted molar refractivity (Wildman–Crippen MR) is 81.3 cm³/mol. The second-order valence-electron chi connectivity index (χ2n) is 6.03. The van der Waals surface area contributed by atoms with E-state index in [1.165, 1.54) is 0 Å². The molecule has 2 rings (SSSR count). The number of anilines is 1. The number of carbonyl (C=O) groups is 1. The summed E-state index contributed by atoms with van der Waals surface area (Å²) >= 11 is 0. The Morgan fingerprint density at radius 1 is 1.48 bits per heavy atom. The number of nitrogens with zero attached hydrogens (tertiary/aromatic N) is 4. The first-order chi connectivity index (χ1) is 9.93. The van der Waals surface area contributed by atoms with Crippen molar-refractivity contribution < 1.29 is 9.53 Å². The summed E-state index contributed by atoms with van der Waals surface area (Å²) in [5.74, 6) is 0.687. The number of rotatable bonds is 4. The SMILES string of the molecule is CCC(C)(C)OC(=O)N1CC[C@H](N(C)c2ncccn2)C1. The molecule has 0 spiro atoms. The van der Waals surface area contributed by atoms with E-state index in [1.807, 2.05) is 32.7 Å². The van der Waals surface area contributed by atoms with E-state index in [4.69, 9.17) is 4.74 Å². The van der Waals surface area contributed by atoms with E-state index >= 15 is 0 Å². The molecule has 1 saturated heterocycles. The standard InChI is InChI=1S/C15H24N4O2/c1-5-15(2,3)21-14(20)19-10-7-12(11-19)18(4)13-16-8-6-9-17-13/h6,8-9,12H,5,7,10-11H2,1-4H3/t12-/m0/s1. The number of amides is 1. The van der Waals surface area contributed by atoms with Crippen LogP contribution in [0.4, 0.5) is 10.7 Å². The third-order valence-corrected chi connectivity index (χ3v) is 4.05. The van der Waals surface area contributed by atoms with Crippen LogP contribution in [0.1, 0.15) is 33.6 Å². The van der Waals surface area contributed by atoms with Crippen molar-refractivity contribution in [1.29, 1.82) is 0 Å². The summed E-state index contributed by atoms with van der Waals surface area (Å²) in [6, 6.07) is 2.02. The molecule has 116 valence electrons. The van der Waals surface area contributed by atoms with Crippen molar-refractivity contribution in [2.45, 2.75) is 45.3 Å². The van der Waals surface area contributed by atoms with Crippen molar-refractivity contribution in [2.75, 3.05) is 25.0 Å². The molecule has 2 heterocycles. The molecule has 1 fully saturated rings. The lowest BCUT2D eigenvalue weighted by Gasteiger charge is -2.28. The van der Waals surface area contributed by atoms with Gasteiger partial charge in [-0.3, -0.25) is 0 Å². The van der Waals surface area contributed by atoms with Gasteiger partial charge in [-0.2, -0.15) is 0 Å². The molecule has 21 heavy (non-hydrogen) atoms. The van der Waals surface area contributed by atoms with Crippen LogP contribution < -0.4 is 4.90 Å². The molecule has 1 amide bonds. The molecule has 0 saturated carbocycles. The molecule has 1 aromatic rings. The Morgan fingerprint density at radius 2 is 2.14 bits per heavy atom. The molecule has 1 aliphatic heterocycles. The smallest absolute Gasteiger partial charge is 0.410 e. The van der Waals surface area contributed by atoms with Gasteiger partial charge in [0.25, 0.3) is 0 Å². The highest BCUT2D eigenvalue weighted by Crippen LogP contribution is 2.21. The van der Waals surface area contributed by atoms with Gasteiger partial charge >= 0.3 is 6.09 Å². The summed E-state index contributed by atoms with van der Waals surface area (Å²) in [7, 11) is 1.96. The average molecular weight is 292 g/mol. The molecule has 0 aromatic carbocycles. The van der Waals surface area contributed by atoms with Gasteiger partial charge in [-0.25, -0.2) is 14.8 Å². The van der Waals surface area contributed by atoms with Crippen LogP contribution in [0, 0.1) is 0 Å². The first-order valence-corrected chi connectivity index (χ1v) is 7.40. The highest BCUT2D eigenvalue weighted by atomic mass is 16.6. The summed E-state index contributed by atoms with van der Waals surface area (Å²) in [5, 5.41) is 0. The van der Waals surface area contributed by atoms with E-state index in [0.29, 0.717) is 19.0 Å². The van der Waals surface area contributed by atoms with E-state index < -0.39 is 5.60 Å². The van der Waals surface area contributed by atoms with Gasteiger partial charge in [0.1, 0.15) is 5.60 Å². The largest absolute Gasteiger partial charge is 0.443 e. The lowest BCUT2D eigenvalue weighted by Crippen LogP contribution is -2.40. The minimum atomic E-state index is -0.413. The maximum atomic E-state index is 12.2. The molecule has 0 N–H and O–H groups in total. The van der Waals surface area contributed by atoms with Gasteiger partial charge in [0, 0.05) is 32.5 Å². The van der Waals surface area contributed by atoms with Crippen molar-refractivity contribution in [2.24, 2.45) is 0 Å². The van der Waals surface area contributed by atoms with Crippen LogP contribution in [0.25, 0.3) is 0 Å². The lowest BCUT2D eigenvalue weighted by molar-refractivity contribution is 0.0151.